The molecule has 0 unspecified atom stereocenters. The minimum atomic E-state index is -5.03. The van der Waals surface area contributed by atoms with E-state index >= 15 is 4.39 Å². The molecule has 10 nitrogen and oxygen atoms in total. The van der Waals surface area contributed by atoms with Gasteiger partial charge in [0.05, 0.1) is 38.6 Å². The Morgan fingerprint density at radius 2 is 1.67 bits per heavy atom. The van der Waals surface area contributed by atoms with Gasteiger partial charge in [0.15, 0.2) is 5.82 Å². The molecule has 2 aromatic heterocycles. The fraction of sp³-hybridized carbons (Fsp3) is 0.172. The standard InChI is InChI=1S/C29H22F5N3O7S/c1-41-20-6-3-17(4-7-20)15-36(27-9-10-44-35-27)45(39,40)26-12-18-5-8-28(38)37(23(18)14-22(26)31)24-13-21(30)19(11-25(24)42-2)16-43-29(32,33)34/h3-14H,15-16H2,1-2H3. The van der Waals surface area contributed by atoms with E-state index in [1.807, 2.05) is 0 Å². The van der Waals surface area contributed by atoms with Gasteiger partial charge in [-0.05, 0) is 35.9 Å². The number of sulfonamides is 1. The Hall–Kier alpha value is -4.96. The molecular weight excluding hydrogens is 629 g/mol. The summed E-state index contributed by atoms with van der Waals surface area (Å²) in [6.07, 6.45) is -3.88. The first kappa shape index (κ1) is 31.5. The summed E-state index contributed by atoms with van der Waals surface area (Å²) >= 11 is 0. The summed E-state index contributed by atoms with van der Waals surface area (Å²) in [5.74, 6) is -2.27. The van der Waals surface area contributed by atoms with Crippen LogP contribution in [0.4, 0.5) is 27.8 Å². The van der Waals surface area contributed by atoms with Crippen LogP contribution in [0.5, 0.6) is 11.5 Å². The van der Waals surface area contributed by atoms with E-state index in [9.17, 15) is 30.8 Å². The van der Waals surface area contributed by atoms with Crippen molar-refractivity contribution >= 4 is 26.7 Å². The van der Waals surface area contributed by atoms with Crippen LogP contribution >= 0.6 is 0 Å². The number of pyridine rings is 1. The quantitative estimate of drug-likeness (QED) is 0.177. The van der Waals surface area contributed by atoms with Crippen molar-refractivity contribution in [2.45, 2.75) is 24.4 Å². The monoisotopic (exact) mass is 651 g/mol. The van der Waals surface area contributed by atoms with Gasteiger partial charge in [-0.25, -0.2) is 21.5 Å². The maximum Gasteiger partial charge on any atom is 0.522 e. The van der Waals surface area contributed by atoms with Crippen LogP contribution in [0, 0.1) is 11.6 Å². The van der Waals surface area contributed by atoms with E-state index in [4.69, 9.17) is 14.0 Å². The number of rotatable bonds is 10. The lowest BCUT2D eigenvalue weighted by Gasteiger charge is -2.23. The molecule has 5 aromatic rings. The van der Waals surface area contributed by atoms with Crippen LogP contribution in [-0.2, 0) is 27.9 Å². The summed E-state index contributed by atoms with van der Waals surface area (Å²) in [5, 5.41) is 3.76. The Morgan fingerprint density at radius 1 is 0.933 bits per heavy atom. The molecule has 0 saturated carbocycles. The van der Waals surface area contributed by atoms with Crippen molar-refractivity contribution in [2.24, 2.45) is 0 Å². The molecule has 0 saturated heterocycles. The third-order valence-electron chi connectivity index (χ3n) is 6.66. The molecule has 0 N–H and O–H groups in total. The van der Waals surface area contributed by atoms with Gasteiger partial charge in [0, 0.05) is 35.2 Å². The number of nitrogens with zero attached hydrogens (tertiary/aromatic N) is 3. The molecule has 3 aromatic carbocycles. The lowest BCUT2D eigenvalue weighted by molar-refractivity contribution is -0.330. The molecule has 0 spiro atoms. The predicted molar refractivity (Wildman–Crippen MR) is 150 cm³/mol. The highest BCUT2D eigenvalue weighted by Crippen LogP contribution is 2.33. The number of methoxy groups -OCH3 is 2. The number of anilines is 1. The summed E-state index contributed by atoms with van der Waals surface area (Å²) in [5.41, 5.74) is -1.27. The zero-order valence-corrected chi connectivity index (χ0v) is 24.2. The molecule has 0 fully saturated rings. The number of alkyl halides is 3. The number of aromatic nitrogens is 2. The third kappa shape index (κ3) is 6.46. The molecule has 0 bridgehead atoms. The van der Waals surface area contributed by atoms with Gasteiger partial charge >= 0.3 is 6.36 Å². The zero-order valence-electron chi connectivity index (χ0n) is 23.3. The molecule has 16 heteroatoms. The summed E-state index contributed by atoms with van der Waals surface area (Å²) in [6.45, 7) is -1.44. The fourth-order valence-electron chi connectivity index (χ4n) is 4.52. The topological polar surface area (TPSA) is 113 Å². The fourth-order valence-corrected chi connectivity index (χ4v) is 6.00. The summed E-state index contributed by atoms with van der Waals surface area (Å²) in [7, 11) is -2.06. The van der Waals surface area contributed by atoms with E-state index in [1.54, 1.807) is 24.3 Å². The number of hydrogen-bond acceptors (Lipinski definition) is 8. The van der Waals surface area contributed by atoms with Gasteiger partial charge in [-0.15, -0.1) is 13.2 Å². The predicted octanol–water partition coefficient (Wildman–Crippen LogP) is 5.71. The number of benzene rings is 3. The molecule has 236 valence electrons. The van der Waals surface area contributed by atoms with E-state index in [0.717, 1.165) is 52.6 Å². The lowest BCUT2D eigenvalue weighted by atomic mass is 10.1. The summed E-state index contributed by atoms with van der Waals surface area (Å²) in [4.78, 5) is 12.2. The second kappa shape index (κ2) is 12.2. The Bertz CT molecular complexity index is 2010. The number of halogens is 5. The number of ether oxygens (including phenoxy) is 3. The second-order valence-corrected chi connectivity index (χ2v) is 11.2. The van der Waals surface area contributed by atoms with Gasteiger partial charge in [-0.3, -0.25) is 14.1 Å². The number of hydrogen-bond donors (Lipinski definition) is 0. The molecule has 0 aliphatic rings. The van der Waals surface area contributed by atoms with Crippen LogP contribution in [0.3, 0.4) is 0 Å². The molecule has 2 heterocycles. The van der Waals surface area contributed by atoms with E-state index in [1.165, 1.54) is 19.2 Å². The van der Waals surface area contributed by atoms with Crippen LogP contribution in [0.2, 0.25) is 0 Å². The Balaban J connectivity index is 1.61. The van der Waals surface area contributed by atoms with Crippen LogP contribution < -0.4 is 19.3 Å². The van der Waals surface area contributed by atoms with Crippen LogP contribution in [-0.4, -0.2) is 38.7 Å². The Morgan fingerprint density at radius 3 is 2.29 bits per heavy atom. The van der Waals surface area contributed by atoms with Gasteiger partial charge in [0.2, 0.25) is 0 Å². The first-order valence-corrected chi connectivity index (χ1v) is 14.2. The van der Waals surface area contributed by atoms with Gasteiger partial charge in [-0.2, -0.15) is 0 Å². The minimum Gasteiger partial charge on any atom is -0.497 e. The maximum absolute atomic E-state index is 15.8. The average molecular weight is 652 g/mol. The van der Waals surface area contributed by atoms with E-state index in [0.29, 0.717) is 11.3 Å². The van der Waals surface area contributed by atoms with Crippen LogP contribution in [0.1, 0.15) is 11.1 Å². The Kier molecular flexibility index (Phi) is 8.53. The summed E-state index contributed by atoms with van der Waals surface area (Å²) < 4.78 is 117. The highest BCUT2D eigenvalue weighted by molar-refractivity contribution is 7.92. The van der Waals surface area contributed by atoms with E-state index in [-0.39, 0.29) is 34.7 Å². The van der Waals surface area contributed by atoms with Crippen molar-refractivity contribution in [2.75, 3.05) is 18.5 Å². The first-order valence-electron chi connectivity index (χ1n) is 12.8. The molecule has 0 amide bonds. The van der Waals surface area contributed by atoms with Crippen LogP contribution in [0.15, 0.2) is 87.2 Å². The van der Waals surface area contributed by atoms with Crippen molar-refractivity contribution in [3.8, 4) is 17.2 Å². The lowest BCUT2D eigenvalue weighted by Crippen LogP contribution is -2.31. The average Bonchev–Trinajstić information content (AvgIpc) is 3.53. The Labute approximate surface area is 251 Å². The van der Waals surface area contributed by atoms with Crippen molar-refractivity contribution < 1.29 is 49.1 Å². The molecule has 0 atom stereocenters. The maximum atomic E-state index is 15.8. The largest absolute Gasteiger partial charge is 0.522 e. The molecule has 0 radical (unpaired) electrons. The molecule has 0 aliphatic heterocycles. The van der Waals surface area contributed by atoms with Gasteiger partial charge in [-0.1, -0.05) is 17.3 Å². The first-order chi connectivity index (χ1) is 21.3. The van der Waals surface area contributed by atoms with Crippen molar-refractivity contribution in [3.63, 3.8) is 0 Å². The molecule has 0 aliphatic carbocycles. The highest BCUT2D eigenvalue weighted by Gasteiger charge is 2.32. The normalized spacial score (nSPS) is 12.0. The highest BCUT2D eigenvalue weighted by atomic mass is 32.2. The third-order valence-corrected chi connectivity index (χ3v) is 8.43. The van der Waals surface area contributed by atoms with Crippen LogP contribution in [0.25, 0.3) is 16.6 Å². The zero-order chi connectivity index (χ0) is 32.5. The van der Waals surface area contributed by atoms with Crippen molar-refractivity contribution in [1.82, 2.24) is 9.72 Å². The second-order valence-electron chi connectivity index (χ2n) is 9.42. The van der Waals surface area contributed by atoms with Crippen molar-refractivity contribution in [3.05, 3.63) is 106 Å². The van der Waals surface area contributed by atoms with Crippen molar-refractivity contribution in [1.29, 1.82) is 0 Å². The minimum absolute atomic E-state index is 0.0473. The molecule has 45 heavy (non-hydrogen) atoms. The molecular formula is C29H22F5N3O7S. The number of fused-ring (bicyclic) bond motifs is 1. The SMILES string of the molecule is COc1ccc(CN(c2ccon2)S(=O)(=O)c2cc3ccc(=O)n(-c4cc(F)c(COC(F)(F)F)cc4OC)c3cc2F)cc1. The molecule has 5 rings (SSSR count). The van der Waals surface area contributed by atoms with Gasteiger partial charge in [0.25, 0.3) is 15.6 Å². The smallest absolute Gasteiger partial charge is 0.497 e. The van der Waals surface area contributed by atoms with E-state index in [2.05, 4.69) is 9.89 Å². The summed E-state index contributed by atoms with van der Waals surface area (Å²) in [6, 6.07) is 13.4. The van der Waals surface area contributed by atoms with E-state index < -0.39 is 50.6 Å². The van der Waals surface area contributed by atoms with Gasteiger partial charge in [0.1, 0.15) is 34.3 Å². The van der Waals surface area contributed by atoms with Gasteiger partial charge < -0.3 is 14.0 Å².